The summed E-state index contributed by atoms with van der Waals surface area (Å²) in [7, 11) is 0. The van der Waals surface area contributed by atoms with Gasteiger partial charge in [0.2, 0.25) is 0 Å². The van der Waals surface area contributed by atoms with Crippen molar-refractivity contribution in [2.75, 3.05) is 5.32 Å². The second-order valence-corrected chi connectivity index (χ2v) is 5.27. The van der Waals surface area contributed by atoms with Crippen LogP contribution in [0.4, 0.5) is 5.69 Å². The molecule has 0 spiro atoms. The van der Waals surface area contributed by atoms with E-state index in [4.69, 9.17) is 0 Å². The van der Waals surface area contributed by atoms with E-state index in [0.717, 1.165) is 22.3 Å². The lowest BCUT2D eigenvalue weighted by molar-refractivity contribution is -0.136. The summed E-state index contributed by atoms with van der Waals surface area (Å²) in [6.07, 6.45) is 3.28. The number of hydrogen-bond acceptors (Lipinski definition) is 3. The van der Waals surface area contributed by atoms with Crippen LogP contribution in [0.25, 0.3) is 0 Å². The molecule has 0 unspecified atom stereocenters. The molecule has 0 saturated heterocycles. The van der Waals surface area contributed by atoms with Crippen LogP contribution in [0.5, 0.6) is 0 Å². The van der Waals surface area contributed by atoms with E-state index in [1.54, 1.807) is 24.5 Å². The van der Waals surface area contributed by atoms with Crippen molar-refractivity contribution in [3.05, 3.63) is 58.9 Å². The molecule has 0 bridgehead atoms. The predicted octanol–water partition coefficient (Wildman–Crippen LogP) is 2.26. The SMILES string of the molecule is Cc1cc(C)c(NC(=O)C(=O)NCc2ccncc2)c(C)c1. The van der Waals surface area contributed by atoms with Gasteiger partial charge in [-0.25, -0.2) is 0 Å². The lowest BCUT2D eigenvalue weighted by Gasteiger charge is -2.12. The van der Waals surface area contributed by atoms with Crippen LogP contribution in [0, 0.1) is 20.8 Å². The van der Waals surface area contributed by atoms with Gasteiger partial charge in [-0.3, -0.25) is 14.6 Å². The number of anilines is 1. The van der Waals surface area contributed by atoms with Crippen molar-refractivity contribution in [2.24, 2.45) is 0 Å². The van der Waals surface area contributed by atoms with Gasteiger partial charge >= 0.3 is 11.8 Å². The summed E-state index contributed by atoms with van der Waals surface area (Å²) >= 11 is 0. The summed E-state index contributed by atoms with van der Waals surface area (Å²) in [6.45, 7) is 6.10. The Morgan fingerprint density at radius 1 is 1.00 bits per heavy atom. The van der Waals surface area contributed by atoms with Gasteiger partial charge in [0, 0.05) is 24.6 Å². The van der Waals surface area contributed by atoms with E-state index in [2.05, 4.69) is 15.6 Å². The zero-order chi connectivity index (χ0) is 16.1. The standard InChI is InChI=1S/C17H19N3O2/c1-11-8-12(2)15(13(3)9-11)20-17(22)16(21)19-10-14-4-6-18-7-5-14/h4-9H,10H2,1-3H3,(H,19,21)(H,20,22). The van der Waals surface area contributed by atoms with Crippen molar-refractivity contribution in [3.8, 4) is 0 Å². The molecular weight excluding hydrogens is 278 g/mol. The van der Waals surface area contributed by atoms with Crippen LogP contribution in [0.1, 0.15) is 22.3 Å². The summed E-state index contributed by atoms with van der Waals surface area (Å²) in [4.78, 5) is 27.8. The molecule has 1 heterocycles. The first-order valence-corrected chi connectivity index (χ1v) is 7.03. The van der Waals surface area contributed by atoms with Gasteiger partial charge in [0.1, 0.15) is 0 Å². The smallest absolute Gasteiger partial charge is 0.313 e. The summed E-state index contributed by atoms with van der Waals surface area (Å²) in [5.74, 6) is -1.32. The monoisotopic (exact) mass is 297 g/mol. The number of nitrogens with one attached hydrogen (secondary N) is 2. The minimum absolute atomic E-state index is 0.292. The minimum Gasteiger partial charge on any atom is -0.344 e. The van der Waals surface area contributed by atoms with Crippen molar-refractivity contribution in [2.45, 2.75) is 27.3 Å². The molecule has 0 saturated carbocycles. The third kappa shape index (κ3) is 3.91. The molecule has 0 aliphatic carbocycles. The number of amides is 2. The first-order valence-electron chi connectivity index (χ1n) is 7.03. The van der Waals surface area contributed by atoms with Gasteiger partial charge < -0.3 is 10.6 Å². The van der Waals surface area contributed by atoms with Crippen LogP contribution in [-0.2, 0) is 16.1 Å². The van der Waals surface area contributed by atoms with E-state index in [0.29, 0.717) is 12.2 Å². The molecule has 2 rings (SSSR count). The Hall–Kier alpha value is -2.69. The van der Waals surface area contributed by atoms with Crippen LogP contribution < -0.4 is 10.6 Å². The molecule has 1 aromatic heterocycles. The molecule has 114 valence electrons. The lowest BCUT2D eigenvalue weighted by Crippen LogP contribution is -2.35. The normalized spacial score (nSPS) is 10.1. The minimum atomic E-state index is -0.663. The number of pyridine rings is 1. The average Bonchev–Trinajstić information content (AvgIpc) is 2.49. The molecule has 22 heavy (non-hydrogen) atoms. The second-order valence-electron chi connectivity index (χ2n) is 5.27. The van der Waals surface area contributed by atoms with Crippen molar-refractivity contribution >= 4 is 17.5 Å². The topological polar surface area (TPSA) is 71.1 Å². The number of carbonyl (C=O) groups excluding carboxylic acids is 2. The van der Waals surface area contributed by atoms with Gasteiger partial charge in [-0.15, -0.1) is 0 Å². The molecule has 0 radical (unpaired) electrons. The fourth-order valence-electron chi connectivity index (χ4n) is 2.31. The largest absolute Gasteiger partial charge is 0.344 e. The van der Waals surface area contributed by atoms with Gasteiger partial charge in [-0.2, -0.15) is 0 Å². The molecule has 5 heteroatoms. The number of nitrogens with zero attached hydrogens (tertiary/aromatic N) is 1. The Balaban J connectivity index is 1.99. The Labute approximate surface area is 129 Å². The maximum Gasteiger partial charge on any atom is 0.313 e. The first-order chi connectivity index (χ1) is 10.5. The third-order valence-corrected chi connectivity index (χ3v) is 3.32. The Kier molecular flexibility index (Phi) is 4.88. The van der Waals surface area contributed by atoms with Crippen molar-refractivity contribution in [1.29, 1.82) is 0 Å². The number of rotatable bonds is 3. The van der Waals surface area contributed by atoms with E-state index in [1.807, 2.05) is 32.9 Å². The van der Waals surface area contributed by atoms with E-state index < -0.39 is 11.8 Å². The molecule has 5 nitrogen and oxygen atoms in total. The molecule has 1 aromatic carbocycles. The van der Waals surface area contributed by atoms with E-state index in [1.165, 1.54) is 0 Å². The molecule has 0 aliphatic heterocycles. The Morgan fingerprint density at radius 3 is 2.18 bits per heavy atom. The second kappa shape index (κ2) is 6.85. The summed E-state index contributed by atoms with van der Waals surface area (Å²) < 4.78 is 0. The molecule has 0 atom stereocenters. The Bertz CT molecular complexity index is 673. The highest BCUT2D eigenvalue weighted by molar-refractivity contribution is 6.39. The number of carbonyl (C=O) groups is 2. The Morgan fingerprint density at radius 2 is 1.59 bits per heavy atom. The summed E-state index contributed by atoms with van der Waals surface area (Å²) in [5, 5.41) is 5.27. The van der Waals surface area contributed by atoms with Crippen LogP contribution in [0.3, 0.4) is 0 Å². The molecular formula is C17H19N3O2. The highest BCUT2D eigenvalue weighted by atomic mass is 16.2. The number of aromatic nitrogens is 1. The molecule has 2 amide bonds. The van der Waals surface area contributed by atoms with Gasteiger partial charge in [0.15, 0.2) is 0 Å². The molecule has 0 aliphatic rings. The quantitative estimate of drug-likeness (QED) is 0.854. The van der Waals surface area contributed by atoms with Crippen LogP contribution in [-0.4, -0.2) is 16.8 Å². The van der Waals surface area contributed by atoms with Crippen LogP contribution >= 0.6 is 0 Å². The molecule has 2 aromatic rings. The highest BCUT2D eigenvalue weighted by Gasteiger charge is 2.15. The van der Waals surface area contributed by atoms with Gasteiger partial charge in [-0.1, -0.05) is 17.7 Å². The fourth-order valence-corrected chi connectivity index (χ4v) is 2.31. The van der Waals surface area contributed by atoms with Gasteiger partial charge in [0.25, 0.3) is 0 Å². The number of aryl methyl sites for hydroxylation is 3. The van der Waals surface area contributed by atoms with E-state index >= 15 is 0 Å². The molecule has 0 fully saturated rings. The summed E-state index contributed by atoms with van der Waals surface area (Å²) in [5.41, 5.74) is 4.57. The van der Waals surface area contributed by atoms with Crippen molar-refractivity contribution in [1.82, 2.24) is 10.3 Å². The third-order valence-electron chi connectivity index (χ3n) is 3.32. The average molecular weight is 297 g/mol. The van der Waals surface area contributed by atoms with E-state index in [-0.39, 0.29) is 0 Å². The molecule has 2 N–H and O–H groups in total. The lowest BCUT2D eigenvalue weighted by atomic mass is 10.1. The number of benzene rings is 1. The number of hydrogen-bond donors (Lipinski definition) is 2. The van der Waals surface area contributed by atoms with Crippen LogP contribution in [0.2, 0.25) is 0 Å². The maximum atomic E-state index is 12.0. The maximum absolute atomic E-state index is 12.0. The van der Waals surface area contributed by atoms with E-state index in [9.17, 15) is 9.59 Å². The van der Waals surface area contributed by atoms with Crippen LogP contribution in [0.15, 0.2) is 36.7 Å². The van der Waals surface area contributed by atoms with Crippen molar-refractivity contribution in [3.63, 3.8) is 0 Å². The summed E-state index contributed by atoms with van der Waals surface area (Å²) in [6, 6.07) is 7.51. The van der Waals surface area contributed by atoms with Crippen molar-refractivity contribution < 1.29 is 9.59 Å². The zero-order valence-corrected chi connectivity index (χ0v) is 12.9. The van der Waals surface area contributed by atoms with Gasteiger partial charge in [0.05, 0.1) is 0 Å². The zero-order valence-electron chi connectivity index (χ0n) is 12.9. The highest BCUT2D eigenvalue weighted by Crippen LogP contribution is 2.21. The fraction of sp³-hybridized carbons (Fsp3) is 0.235. The van der Waals surface area contributed by atoms with Gasteiger partial charge in [-0.05, 0) is 49.6 Å². The first kappa shape index (κ1) is 15.7. The predicted molar refractivity (Wildman–Crippen MR) is 85.4 cm³/mol.